The van der Waals surface area contributed by atoms with Crippen molar-refractivity contribution < 1.29 is 9.59 Å². The first kappa shape index (κ1) is 19.4. The van der Waals surface area contributed by atoms with Gasteiger partial charge in [0.05, 0.1) is 17.3 Å². The predicted molar refractivity (Wildman–Crippen MR) is 109 cm³/mol. The Labute approximate surface area is 165 Å². The highest BCUT2D eigenvalue weighted by Gasteiger charge is 2.18. The van der Waals surface area contributed by atoms with Crippen molar-refractivity contribution in [3.63, 3.8) is 0 Å². The Bertz CT molecular complexity index is 798. The topological polar surface area (TPSA) is 49.4 Å². The molecule has 0 aromatic heterocycles. The Kier molecular flexibility index (Phi) is 6.51. The van der Waals surface area contributed by atoms with E-state index in [2.05, 4.69) is 17.4 Å². The van der Waals surface area contributed by atoms with Gasteiger partial charge in [0.15, 0.2) is 0 Å². The van der Waals surface area contributed by atoms with Crippen LogP contribution in [-0.2, 0) is 4.79 Å². The third-order valence-corrected chi connectivity index (χ3v) is 5.44. The maximum absolute atomic E-state index is 12.6. The molecule has 2 aromatic carbocycles. The van der Waals surface area contributed by atoms with Gasteiger partial charge in [-0.2, -0.15) is 0 Å². The molecule has 4 nitrogen and oxygen atoms in total. The number of carbonyl (C=O) groups is 2. The van der Waals surface area contributed by atoms with E-state index in [0.29, 0.717) is 22.2 Å². The van der Waals surface area contributed by atoms with Gasteiger partial charge in [-0.25, -0.2) is 0 Å². The van der Waals surface area contributed by atoms with Gasteiger partial charge in [0.2, 0.25) is 5.91 Å². The van der Waals surface area contributed by atoms with Crippen molar-refractivity contribution in [3.05, 3.63) is 64.7 Å². The van der Waals surface area contributed by atoms with Crippen LogP contribution in [-0.4, -0.2) is 30.3 Å². The number of rotatable bonds is 5. The number of nitrogens with one attached hydrogen (secondary N) is 1. The number of para-hydroxylation sites is 1. The molecule has 2 aromatic rings. The minimum Gasteiger partial charge on any atom is -0.332 e. The Hall–Kier alpha value is -2.33. The zero-order valence-electron chi connectivity index (χ0n) is 15.6. The molecule has 0 radical (unpaired) electrons. The number of halogens is 1. The molecule has 0 bridgehead atoms. The molecule has 1 N–H and O–H groups in total. The van der Waals surface area contributed by atoms with Crippen molar-refractivity contribution in [3.8, 4) is 0 Å². The van der Waals surface area contributed by atoms with Gasteiger partial charge >= 0.3 is 0 Å². The molecule has 1 aliphatic rings. The first-order valence-electron chi connectivity index (χ1n) is 9.44. The fourth-order valence-corrected chi connectivity index (χ4v) is 3.78. The first-order chi connectivity index (χ1) is 13.0. The maximum atomic E-state index is 12.6. The van der Waals surface area contributed by atoms with Crippen LogP contribution in [0.15, 0.2) is 48.5 Å². The van der Waals surface area contributed by atoms with E-state index in [9.17, 15) is 9.59 Å². The quantitative estimate of drug-likeness (QED) is 0.779. The number of carbonyl (C=O) groups excluding carboxylic acids is 2. The summed E-state index contributed by atoms with van der Waals surface area (Å²) >= 11 is 6.05. The Balaban J connectivity index is 1.58. The van der Waals surface area contributed by atoms with Gasteiger partial charge in [-0.05, 0) is 48.6 Å². The monoisotopic (exact) mass is 384 g/mol. The van der Waals surface area contributed by atoms with E-state index in [-0.39, 0.29) is 18.4 Å². The highest BCUT2D eigenvalue weighted by atomic mass is 35.5. The van der Waals surface area contributed by atoms with Crippen molar-refractivity contribution in [1.29, 1.82) is 0 Å². The van der Waals surface area contributed by atoms with E-state index in [1.807, 2.05) is 12.1 Å². The number of hydrogen-bond donors (Lipinski definition) is 1. The molecular weight excluding hydrogens is 360 g/mol. The lowest BCUT2D eigenvalue weighted by Gasteiger charge is -2.22. The second kappa shape index (κ2) is 9.05. The average Bonchev–Trinajstić information content (AvgIpc) is 2.70. The van der Waals surface area contributed by atoms with Crippen LogP contribution in [0, 0.1) is 0 Å². The summed E-state index contributed by atoms with van der Waals surface area (Å²) in [5.74, 6) is 0.166. The van der Waals surface area contributed by atoms with Gasteiger partial charge in [-0.1, -0.05) is 55.1 Å². The maximum Gasteiger partial charge on any atom is 0.254 e. The minimum absolute atomic E-state index is 0.0333. The van der Waals surface area contributed by atoms with E-state index >= 15 is 0 Å². The van der Waals surface area contributed by atoms with E-state index in [0.717, 1.165) is 0 Å². The van der Waals surface area contributed by atoms with E-state index < -0.39 is 0 Å². The van der Waals surface area contributed by atoms with Crippen LogP contribution in [0.5, 0.6) is 0 Å². The third kappa shape index (κ3) is 5.10. The summed E-state index contributed by atoms with van der Waals surface area (Å²) in [6, 6.07) is 14.9. The molecule has 0 unspecified atom stereocenters. The van der Waals surface area contributed by atoms with Gasteiger partial charge in [-0.3, -0.25) is 9.59 Å². The van der Waals surface area contributed by atoms with Gasteiger partial charge in [-0.15, -0.1) is 0 Å². The molecule has 1 aliphatic carbocycles. The molecule has 0 spiro atoms. The number of benzene rings is 2. The minimum atomic E-state index is -0.280. The lowest BCUT2D eigenvalue weighted by atomic mass is 9.84. The molecule has 0 heterocycles. The summed E-state index contributed by atoms with van der Waals surface area (Å²) in [6.07, 6.45) is 6.36. The third-order valence-electron chi connectivity index (χ3n) is 5.11. The Morgan fingerprint density at radius 1 is 1.04 bits per heavy atom. The number of hydrogen-bond acceptors (Lipinski definition) is 2. The Morgan fingerprint density at radius 3 is 2.37 bits per heavy atom. The molecule has 2 amide bonds. The number of amides is 2. The molecule has 5 heteroatoms. The van der Waals surface area contributed by atoms with Gasteiger partial charge in [0.1, 0.15) is 0 Å². The summed E-state index contributed by atoms with van der Waals surface area (Å²) in [6.45, 7) is -0.0333. The zero-order chi connectivity index (χ0) is 19.2. The molecular formula is C22H25ClN2O2. The summed E-state index contributed by atoms with van der Waals surface area (Å²) in [4.78, 5) is 26.2. The number of anilines is 1. The van der Waals surface area contributed by atoms with Crippen LogP contribution >= 0.6 is 11.6 Å². The van der Waals surface area contributed by atoms with Crippen LogP contribution in [0.1, 0.15) is 53.9 Å². The molecule has 142 valence electrons. The largest absolute Gasteiger partial charge is 0.332 e. The second-order valence-corrected chi connectivity index (χ2v) is 7.55. The van der Waals surface area contributed by atoms with Gasteiger partial charge < -0.3 is 10.2 Å². The van der Waals surface area contributed by atoms with Gasteiger partial charge in [0, 0.05) is 12.6 Å². The highest BCUT2D eigenvalue weighted by Crippen LogP contribution is 2.32. The molecule has 0 saturated heterocycles. The van der Waals surface area contributed by atoms with Crippen LogP contribution < -0.4 is 5.32 Å². The van der Waals surface area contributed by atoms with Crippen molar-refractivity contribution >= 4 is 29.1 Å². The fraction of sp³-hybridized carbons (Fsp3) is 0.364. The van der Waals surface area contributed by atoms with Crippen LogP contribution in [0.3, 0.4) is 0 Å². The smallest absolute Gasteiger partial charge is 0.254 e. The van der Waals surface area contributed by atoms with Crippen molar-refractivity contribution in [1.82, 2.24) is 4.90 Å². The summed E-state index contributed by atoms with van der Waals surface area (Å²) < 4.78 is 0. The van der Waals surface area contributed by atoms with E-state index in [1.54, 1.807) is 31.3 Å². The van der Waals surface area contributed by atoms with Gasteiger partial charge in [0.25, 0.3) is 5.91 Å². The second-order valence-electron chi connectivity index (χ2n) is 7.15. The molecule has 0 aliphatic heterocycles. The molecule has 1 fully saturated rings. The van der Waals surface area contributed by atoms with Crippen LogP contribution in [0.4, 0.5) is 5.69 Å². The van der Waals surface area contributed by atoms with E-state index in [4.69, 9.17) is 11.6 Å². The van der Waals surface area contributed by atoms with Crippen LogP contribution in [0.2, 0.25) is 5.02 Å². The van der Waals surface area contributed by atoms with Crippen molar-refractivity contribution in [2.24, 2.45) is 0 Å². The number of likely N-dealkylation sites (N-methyl/N-ethyl adjacent to an activating group) is 1. The lowest BCUT2D eigenvalue weighted by Crippen LogP contribution is -2.35. The summed E-state index contributed by atoms with van der Waals surface area (Å²) in [7, 11) is 1.63. The van der Waals surface area contributed by atoms with E-state index in [1.165, 1.54) is 42.6 Å². The normalized spacial score (nSPS) is 14.6. The molecule has 3 rings (SSSR count). The van der Waals surface area contributed by atoms with Crippen LogP contribution in [0.25, 0.3) is 0 Å². The average molecular weight is 385 g/mol. The standard InChI is InChI=1S/C22H25ClN2O2/c1-25(15-21(26)24-20-10-6-5-9-19(20)23)22(27)18-13-11-17(12-14-18)16-7-3-2-4-8-16/h5-6,9-14,16H,2-4,7-8,15H2,1H3,(H,24,26). The predicted octanol–water partition coefficient (Wildman–Crippen LogP) is 5.10. The fourth-order valence-electron chi connectivity index (χ4n) is 3.59. The summed E-state index contributed by atoms with van der Waals surface area (Å²) in [5, 5.41) is 3.21. The number of nitrogens with zero attached hydrogens (tertiary/aromatic N) is 1. The zero-order valence-corrected chi connectivity index (χ0v) is 16.3. The SMILES string of the molecule is CN(CC(=O)Nc1ccccc1Cl)C(=O)c1ccc(C2CCCCC2)cc1. The molecule has 27 heavy (non-hydrogen) atoms. The first-order valence-corrected chi connectivity index (χ1v) is 9.82. The molecule has 0 atom stereocenters. The van der Waals surface area contributed by atoms with Crippen molar-refractivity contribution in [2.45, 2.75) is 38.0 Å². The summed E-state index contributed by atoms with van der Waals surface area (Å²) in [5.41, 5.74) is 2.45. The highest BCUT2D eigenvalue weighted by molar-refractivity contribution is 6.33. The molecule has 1 saturated carbocycles. The Morgan fingerprint density at radius 2 is 1.70 bits per heavy atom. The lowest BCUT2D eigenvalue weighted by molar-refractivity contribution is -0.116. The van der Waals surface area contributed by atoms with Crippen molar-refractivity contribution in [2.75, 3.05) is 18.9 Å².